The van der Waals surface area contributed by atoms with Gasteiger partial charge in [-0.3, -0.25) is 0 Å². The summed E-state index contributed by atoms with van der Waals surface area (Å²) in [4.78, 5) is 2.14. The maximum absolute atomic E-state index is 6.54. The van der Waals surface area contributed by atoms with E-state index in [4.69, 9.17) is 5.73 Å². The van der Waals surface area contributed by atoms with E-state index >= 15 is 0 Å². The van der Waals surface area contributed by atoms with Gasteiger partial charge in [0.15, 0.2) is 0 Å². The Morgan fingerprint density at radius 3 is 2.79 bits per heavy atom. The van der Waals surface area contributed by atoms with Gasteiger partial charge in [-0.2, -0.15) is 0 Å². The zero-order valence-corrected chi connectivity index (χ0v) is 12.6. The Bertz CT molecular complexity index is 400. The van der Waals surface area contributed by atoms with Crippen LogP contribution in [0.5, 0.6) is 0 Å². The second-order valence-electron chi connectivity index (χ2n) is 6.22. The van der Waals surface area contributed by atoms with Gasteiger partial charge in [-0.1, -0.05) is 38.3 Å². The second kappa shape index (κ2) is 6.42. The molecular formula is C17H28N2. The number of nitrogens with two attached hydrogens (primary N) is 1. The minimum absolute atomic E-state index is 0.203. The van der Waals surface area contributed by atoms with Gasteiger partial charge in [0.2, 0.25) is 0 Å². The standard InChI is InChI=1S/C17H28N2/c1-4-13-7-5-8-14(11-13)17(18)15-9-6-10-16(12-15)19(2)3/h6,9-10,12-14,17H,4-5,7-8,11,18H2,1-3H3. The monoisotopic (exact) mass is 260 g/mol. The van der Waals surface area contributed by atoms with Crippen molar-refractivity contribution in [2.45, 2.75) is 45.1 Å². The van der Waals surface area contributed by atoms with Crippen molar-refractivity contribution in [1.29, 1.82) is 0 Å². The van der Waals surface area contributed by atoms with E-state index in [0.717, 1.165) is 5.92 Å². The van der Waals surface area contributed by atoms with Crippen LogP contribution in [-0.2, 0) is 0 Å². The van der Waals surface area contributed by atoms with Crippen LogP contribution in [0.3, 0.4) is 0 Å². The number of nitrogens with zero attached hydrogens (tertiary/aromatic N) is 1. The number of rotatable bonds is 4. The van der Waals surface area contributed by atoms with E-state index in [1.807, 2.05) is 0 Å². The predicted octanol–water partition coefficient (Wildman–Crippen LogP) is 3.97. The van der Waals surface area contributed by atoms with Crippen LogP contribution in [0.2, 0.25) is 0 Å². The Hall–Kier alpha value is -1.02. The summed E-state index contributed by atoms with van der Waals surface area (Å²) in [7, 11) is 4.16. The Balaban J connectivity index is 2.10. The minimum Gasteiger partial charge on any atom is -0.378 e. The molecule has 2 rings (SSSR count). The van der Waals surface area contributed by atoms with E-state index in [0.29, 0.717) is 5.92 Å². The first-order valence-electron chi connectivity index (χ1n) is 7.64. The third-order valence-electron chi connectivity index (χ3n) is 4.68. The molecular weight excluding hydrogens is 232 g/mol. The third kappa shape index (κ3) is 3.50. The van der Waals surface area contributed by atoms with Crippen molar-refractivity contribution in [3.05, 3.63) is 29.8 Å². The van der Waals surface area contributed by atoms with Crippen molar-refractivity contribution < 1.29 is 0 Å². The molecule has 2 N–H and O–H groups in total. The van der Waals surface area contributed by atoms with Crippen LogP contribution in [0.1, 0.15) is 50.6 Å². The summed E-state index contributed by atoms with van der Waals surface area (Å²) < 4.78 is 0. The fraction of sp³-hybridized carbons (Fsp3) is 0.647. The van der Waals surface area contributed by atoms with Gasteiger partial charge >= 0.3 is 0 Å². The van der Waals surface area contributed by atoms with Gasteiger partial charge in [-0.25, -0.2) is 0 Å². The minimum atomic E-state index is 0.203. The zero-order valence-electron chi connectivity index (χ0n) is 12.6. The van der Waals surface area contributed by atoms with Crippen molar-refractivity contribution in [3.63, 3.8) is 0 Å². The molecule has 1 saturated carbocycles. The summed E-state index contributed by atoms with van der Waals surface area (Å²) >= 11 is 0. The number of anilines is 1. The van der Waals surface area contributed by atoms with Crippen LogP contribution in [0.4, 0.5) is 5.69 Å². The molecule has 0 heterocycles. The summed E-state index contributed by atoms with van der Waals surface area (Å²) in [5, 5.41) is 0. The Kier molecular flexibility index (Phi) is 4.87. The molecule has 0 saturated heterocycles. The number of benzene rings is 1. The zero-order chi connectivity index (χ0) is 13.8. The van der Waals surface area contributed by atoms with Crippen LogP contribution in [-0.4, -0.2) is 14.1 Å². The maximum Gasteiger partial charge on any atom is 0.0364 e. The lowest BCUT2D eigenvalue weighted by Gasteiger charge is -2.33. The highest BCUT2D eigenvalue weighted by atomic mass is 15.1. The summed E-state index contributed by atoms with van der Waals surface area (Å²) in [5.74, 6) is 1.55. The molecule has 0 amide bonds. The Morgan fingerprint density at radius 2 is 2.11 bits per heavy atom. The van der Waals surface area contributed by atoms with Gasteiger partial charge in [-0.05, 0) is 42.4 Å². The molecule has 1 fully saturated rings. The van der Waals surface area contributed by atoms with Crippen LogP contribution >= 0.6 is 0 Å². The topological polar surface area (TPSA) is 29.3 Å². The van der Waals surface area contributed by atoms with E-state index in [1.165, 1.54) is 43.4 Å². The second-order valence-corrected chi connectivity index (χ2v) is 6.22. The summed E-state index contributed by atoms with van der Waals surface area (Å²) in [6.45, 7) is 2.31. The lowest BCUT2D eigenvalue weighted by Crippen LogP contribution is -2.27. The SMILES string of the molecule is CCC1CCCC(C(N)c2cccc(N(C)C)c2)C1. The lowest BCUT2D eigenvalue weighted by molar-refractivity contribution is 0.230. The Morgan fingerprint density at radius 1 is 1.32 bits per heavy atom. The molecule has 0 radical (unpaired) electrons. The third-order valence-corrected chi connectivity index (χ3v) is 4.68. The molecule has 1 aliphatic carbocycles. The highest BCUT2D eigenvalue weighted by Gasteiger charge is 2.26. The fourth-order valence-electron chi connectivity index (χ4n) is 3.31. The first-order chi connectivity index (χ1) is 9.11. The lowest BCUT2D eigenvalue weighted by atomic mass is 9.75. The molecule has 0 spiro atoms. The van der Waals surface area contributed by atoms with Crippen molar-refractivity contribution in [2.24, 2.45) is 17.6 Å². The number of hydrogen-bond donors (Lipinski definition) is 1. The molecule has 19 heavy (non-hydrogen) atoms. The highest BCUT2D eigenvalue weighted by Crippen LogP contribution is 2.37. The van der Waals surface area contributed by atoms with E-state index in [9.17, 15) is 0 Å². The normalized spacial score (nSPS) is 25.1. The smallest absolute Gasteiger partial charge is 0.0364 e. The van der Waals surface area contributed by atoms with Crippen LogP contribution in [0.15, 0.2) is 24.3 Å². The molecule has 2 nitrogen and oxygen atoms in total. The van der Waals surface area contributed by atoms with E-state index in [2.05, 4.69) is 50.2 Å². The number of hydrogen-bond acceptors (Lipinski definition) is 2. The van der Waals surface area contributed by atoms with Crippen molar-refractivity contribution in [3.8, 4) is 0 Å². The molecule has 1 aliphatic rings. The van der Waals surface area contributed by atoms with Crippen LogP contribution < -0.4 is 10.6 Å². The summed E-state index contributed by atoms with van der Waals surface area (Å²) in [5.41, 5.74) is 9.08. The first-order valence-corrected chi connectivity index (χ1v) is 7.64. The maximum atomic E-state index is 6.54. The molecule has 3 unspecified atom stereocenters. The molecule has 2 heteroatoms. The van der Waals surface area contributed by atoms with E-state index in [-0.39, 0.29) is 6.04 Å². The highest BCUT2D eigenvalue weighted by molar-refractivity contribution is 5.47. The van der Waals surface area contributed by atoms with Gasteiger partial charge in [0.1, 0.15) is 0 Å². The Labute approximate surface area is 118 Å². The summed E-state index contributed by atoms with van der Waals surface area (Å²) in [6, 6.07) is 8.92. The van der Waals surface area contributed by atoms with Crippen molar-refractivity contribution >= 4 is 5.69 Å². The quantitative estimate of drug-likeness (QED) is 0.887. The fourth-order valence-corrected chi connectivity index (χ4v) is 3.31. The first kappa shape index (κ1) is 14.4. The molecule has 0 aromatic heterocycles. The molecule has 1 aromatic rings. The molecule has 106 valence electrons. The van der Waals surface area contributed by atoms with E-state index in [1.54, 1.807) is 0 Å². The van der Waals surface area contributed by atoms with E-state index < -0.39 is 0 Å². The van der Waals surface area contributed by atoms with Crippen molar-refractivity contribution in [1.82, 2.24) is 0 Å². The summed E-state index contributed by atoms with van der Waals surface area (Å²) in [6.07, 6.45) is 6.66. The molecule has 0 aliphatic heterocycles. The predicted molar refractivity (Wildman–Crippen MR) is 83.4 cm³/mol. The van der Waals surface area contributed by atoms with Gasteiger partial charge in [0.05, 0.1) is 0 Å². The van der Waals surface area contributed by atoms with Gasteiger partial charge in [0.25, 0.3) is 0 Å². The largest absolute Gasteiger partial charge is 0.378 e. The molecule has 3 atom stereocenters. The van der Waals surface area contributed by atoms with Crippen LogP contribution in [0, 0.1) is 11.8 Å². The van der Waals surface area contributed by atoms with Gasteiger partial charge in [0, 0.05) is 25.8 Å². The van der Waals surface area contributed by atoms with Crippen molar-refractivity contribution in [2.75, 3.05) is 19.0 Å². The van der Waals surface area contributed by atoms with Gasteiger partial charge in [-0.15, -0.1) is 0 Å². The molecule has 0 bridgehead atoms. The average molecular weight is 260 g/mol. The average Bonchev–Trinajstić information content (AvgIpc) is 2.46. The van der Waals surface area contributed by atoms with Crippen LogP contribution in [0.25, 0.3) is 0 Å². The molecule has 1 aromatic carbocycles. The van der Waals surface area contributed by atoms with Gasteiger partial charge < -0.3 is 10.6 Å².